The standard InChI is InChI=1S/C11H15ClN2O4S/c1-14(2)19(16,17)8-4-5-10(18-3)9(6-8)13-11(15)7-12/h4-6H,7H2,1-3H3,(H,13,15). The number of hydrogen-bond acceptors (Lipinski definition) is 4. The normalized spacial score (nSPS) is 11.4. The van der Waals surface area contributed by atoms with Crippen LogP contribution in [0.5, 0.6) is 5.75 Å². The molecule has 1 aromatic rings. The second kappa shape index (κ2) is 6.23. The molecule has 0 radical (unpaired) electrons. The molecular weight excluding hydrogens is 292 g/mol. The molecule has 1 aromatic carbocycles. The summed E-state index contributed by atoms with van der Waals surface area (Å²) in [5.74, 6) is -0.316. The molecule has 0 bridgehead atoms. The molecule has 0 aliphatic heterocycles. The minimum absolute atomic E-state index is 0.0585. The number of benzene rings is 1. The summed E-state index contributed by atoms with van der Waals surface area (Å²) < 4.78 is 30.1. The quantitative estimate of drug-likeness (QED) is 0.827. The van der Waals surface area contributed by atoms with E-state index in [9.17, 15) is 13.2 Å². The van der Waals surface area contributed by atoms with Crippen LogP contribution in [0.2, 0.25) is 0 Å². The number of amides is 1. The van der Waals surface area contributed by atoms with Crippen LogP contribution in [0.25, 0.3) is 0 Å². The number of nitrogens with zero attached hydrogens (tertiary/aromatic N) is 1. The molecule has 8 heteroatoms. The number of carbonyl (C=O) groups excluding carboxylic acids is 1. The van der Waals surface area contributed by atoms with Gasteiger partial charge in [0.2, 0.25) is 15.9 Å². The maximum absolute atomic E-state index is 12.0. The number of anilines is 1. The number of methoxy groups -OCH3 is 1. The number of sulfonamides is 1. The van der Waals surface area contributed by atoms with Crippen LogP contribution in [0.3, 0.4) is 0 Å². The van der Waals surface area contributed by atoms with Crippen LogP contribution in [0.1, 0.15) is 0 Å². The topological polar surface area (TPSA) is 75.7 Å². The number of ether oxygens (including phenoxy) is 1. The van der Waals surface area contributed by atoms with E-state index in [1.54, 1.807) is 0 Å². The monoisotopic (exact) mass is 306 g/mol. The summed E-state index contributed by atoms with van der Waals surface area (Å²) in [6.45, 7) is 0. The van der Waals surface area contributed by atoms with Gasteiger partial charge in [-0.2, -0.15) is 0 Å². The predicted molar refractivity (Wildman–Crippen MR) is 73.2 cm³/mol. The van der Waals surface area contributed by atoms with E-state index in [2.05, 4.69) is 5.32 Å². The lowest BCUT2D eigenvalue weighted by Crippen LogP contribution is -2.22. The molecule has 0 aliphatic carbocycles. The Hall–Kier alpha value is -1.31. The molecule has 0 atom stereocenters. The molecule has 1 rings (SSSR count). The summed E-state index contributed by atoms with van der Waals surface area (Å²) >= 11 is 5.40. The van der Waals surface area contributed by atoms with Crippen molar-refractivity contribution in [1.29, 1.82) is 0 Å². The molecule has 0 saturated carbocycles. The number of carbonyl (C=O) groups is 1. The van der Waals surface area contributed by atoms with Crippen LogP contribution in [0.4, 0.5) is 5.69 Å². The highest BCUT2D eigenvalue weighted by Gasteiger charge is 2.19. The van der Waals surface area contributed by atoms with E-state index in [1.165, 1.54) is 39.4 Å². The zero-order valence-corrected chi connectivity index (χ0v) is 12.4. The van der Waals surface area contributed by atoms with Gasteiger partial charge in [-0.15, -0.1) is 11.6 Å². The molecule has 0 heterocycles. The van der Waals surface area contributed by atoms with Crippen LogP contribution in [0.15, 0.2) is 23.1 Å². The van der Waals surface area contributed by atoms with Gasteiger partial charge in [0.25, 0.3) is 0 Å². The maximum atomic E-state index is 12.0. The third-order valence-electron chi connectivity index (χ3n) is 2.34. The Kier molecular flexibility index (Phi) is 5.16. The Balaban J connectivity index is 3.26. The van der Waals surface area contributed by atoms with E-state index >= 15 is 0 Å². The molecular formula is C11H15ClN2O4S. The average molecular weight is 307 g/mol. The van der Waals surface area contributed by atoms with E-state index in [-0.39, 0.29) is 16.5 Å². The van der Waals surface area contributed by atoms with Gasteiger partial charge in [-0.3, -0.25) is 4.79 Å². The van der Waals surface area contributed by atoms with Crippen molar-refractivity contribution in [1.82, 2.24) is 4.31 Å². The number of nitrogens with one attached hydrogen (secondary N) is 1. The zero-order valence-electron chi connectivity index (χ0n) is 10.8. The molecule has 0 fully saturated rings. The fraction of sp³-hybridized carbons (Fsp3) is 0.364. The molecule has 19 heavy (non-hydrogen) atoms. The van der Waals surface area contributed by atoms with Crippen LogP contribution in [0, 0.1) is 0 Å². The fourth-order valence-corrected chi connectivity index (χ4v) is 2.33. The van der Waals surface area contributed by atoms with Crippen LogP contribution in [-0.2, 0) is 14.8 Å². The molecule has 6 nitrogen and oxygen atoms in total. The van der Waals surface area contributed by atoms with Crippen molar-refractivity contribution in [2.45, 2.75) is 4.90 Å². The zero-order chi connectivity index (χ0) is 14.6. The Morgan fingerprint density at radius 3 is 2.53 bits per heavy atom. The SMILES string of the molecule is COc1ccc(S(=O)(=O)N(C)C)cc1NC(=O)CCl. The van der Waals surface area contributed by atoms with Crippen molar-refractivity contribution in [3.8, 4) is 5.75 Å². The van der Waals surface area contributed by atoms with Crippen molar-refractivity contribution >= 4 is 33.2 Å². The Morgan fingerprint density at radius 2 is 2.05 bits per heavy atom. The van der Waals surface area contributed by atoms with Gasteiger partial charge < -0.3 is 10.1 Å². The van der Waals surface area contributed by atoms with Crippen LogP contribution in [-0.4, -0.2) is 45.7 Å². The van der Waals surface area contributed by atoms with Gasteiger partial charge in [0.05, 0.1) is 17.7 Å². The summed E-state index contributed by atoms with van der Waals surface area (Å²) in [5.41, 5.74) is 0.260. The summed E-state index contributed by atoms with van der Waals surface area (Å²) in [5, 5.41) is 2.48. The highest BCUT2D eigenvalue weighted by molar-refractivity contribution is 7.89. The van der Waals surface area contributed by atoms with Gasteiger partial charge >= 0.3 is 0 Å². The third-order valence-corrected chi connectivity index (χ3v) is 4.40. The van der Waals surface area contributed by atoms with E-state index < -0.39 is 15.9 Å². The number of hydrogen-bond donors (Lipinski definition) is 1. The Labute approximate surface area is 117 Å². The second-order valence-corrected chi connectivity index (χ2v) is 6.25. The van der Waals surface area contributed by atoms with Gasteiger partial charge in [-0.05, 0) is 18.2 Å². The molecule has 0 saturated heterocycles. The van der Waals surface area contributed by atoms with E-state index in [1.807, 2.05) is 0 Å². The first-order valence-electron chi connectivity index (χ1n) is 5.29. The van der Waals surface area contributed by atoms with Gasteiger partial charge in [0, 0.05) is 14.1 Å². The largest absolute Gasteiger partial charge is 0.495 e. The first-order valence-corrected chi connectivity index (χ1v) is 7.26. The average Bonchev–Trinajstić information content (AvgIpc) is 2.38. The molecule has 1 amide bonds. The summed E-state index contributed by atoms with van der Waals surface area (Å²) in [7, 11) is 0.703. The Bertz CT molecular complexity index is 572. The van der Waals surface area contributed by atoms with Crippen molar-refractivity contribution in [3.05, 3.63) is 18.2 Å². The lowest BCUT2D eigenvalue weighted by atomic mass is 10.3. The smallest absolute Gasteiger partial charge is 0.242 e. The van der Waals surface area contributed by atoms with Crippen molar-refractivity contribution in [3.63, 3.8) is 0 Å². The summed E-state index contributed by atoms with van der Waals surface area (Å²) in [6.07, 6.45) is 0. The Morgan fingerprint density at radius 1 is 1.42 bits per heavy atom. The first kappa shape index (κ1) is 15.7. The van der Waals surface area contributed by atoms with Crippen LogP contribution >= 0.6 is 11.6 Å². The van der Waals surface area contributed by atoms with Crippen molar-refractivity contribution in [2.24, 2.45) is 0 Å². The van der Waals surface area contributed by atoms with Gasteiger partial charge in [0.15, 0.2) is 0 Å². The molecule has 0 aliphatic rings. The molecule has 1 N–H and O–H groups in total. The minimum atomic E-state index is -3.57. The molecule has 0 aromatic heterocycles. The lowest BCUT2D eigenvalue weighted by Gasteiger charge is -2.14. The highest BCUT2D eigenvalue weighted by Crippen LogP contribution is 2.28. The number of alkyl halides is 1. The minimum Gasteiger partial charge on any atom is -0.495 e. The van der Waals surface area contributed by atoms with Gasteiger partial charge in [-0.1, -0.05) is 0 Å². The highest BCUT2D eigenvalue weighted by atomic mass is 35.5. The summed E-state index contributed by atoms with van der Waals surface area (Å²) in [6, 6.07) is 4.21. The fourth-order valence-electron chi connectivity index (χ4n) is 1.34. The number of halogens is 1. The molecule has 0 spiro atoms. The van der Waals surface area contributed by atoms with Gasteiger partial charge in [0.1, 0.15) is 11.6 Å². The maximum Gasteiger partial charge on any atom is 0.242 e. The van der Waals surface area contributed by atoms with Gasteiger partial charge in [-0.25, -0.2) is 12.7 Å². The third kappa shape index (κ3) is 3.59. The summed E-state index contributed by atoms with van der Waals surface area (Å²) in [4.78, 5) is 11.3. The van der Waals surface area contributed by atoms with Crippen molar-refractivity contribution in [2.75, 3.05) is 32.4 Å². The molecule has 0 unspecified atom stereocenters. The van der Waals surface area contributed by atoms with Crippen molar-refractivity contribution < 1.29 is 17.9 Å². The van der Waals surface area contributed by atoms with E-state index in [0.29, 0.717) is 5.75 Å². The van der Waals surface area contributed by atoms with E-state index in [4.69, 9.17) is 16.3 Å². The number of rotatable bonds is 5. The first-order chi connectivity index (χ1) is 8.82. The van der Waals surface area contributed by atoms with E-state index in [0.717, 1.165) is 4.31 Å². The lowest BCUT2D eigenvalue weighted by molar-refractivity contribution is -0.113. The molecule has 106 valence electrons. The second-order valence-electron chi connectivity index (χ2n) is 3.83. The predicted octanol–water partition coefficient (Wildman–Crippen LogP) is 1.12. The van der Waals surface area contributed by atoms with Crippen LogP contribution < -0.4 is 10.1 Å².